The monoisotopic (exact) mass is 380 g/mol. The Morgan fingerprint density at radius 3 is 2.71 bits per heavy atom. The van der Waals surface area contributed by atoms with Crippen LogP contribution in [-0.2, 0) is 6.42 Å². The quantitative estimate of drug-likeness (QED) is 0.665. The summed E-state index contributed by atoms with van der Waals surface area (Å²) in [5.41, 5.74) is 4.59. The molecule has 1 saturated heterocycles. The molecule has 6 heteroatoms. The van der Waals surface area contributed by atoms with Crippen LogP contribution in [0, 0.1) is 11.7 Å². The summed E-state index contributed by atoms with van der Waals surface area (Å²) in [4.78, 5) is 2.47. The van der Waals surface area contributed by atoms with Gasteiger partial charge in [-0.3, -0.25) is 4.40 Å². The summed E-state index contributed by atoms with van der Waals surface area (Å²) in [5, 5.41) is 8.48. The SMILES string of the molecule is COc1ccc(F)cc1C1CCN(c2ccn3cnnc3c2CC2CC2)CC1. The van der Waals surface area contributed by atoms with Gasteiger partial charge in [0.15, 0.2) is 5.65 Å². The molecule has 0 spiro atoms. The van der Waals surface area contributed by atoms with Crippen molar-refractivity contribution in [1.29, 1.82) is 0 Å². The number of hydrogen-bond acceptors (Lipinski definition) is 4. The van der Waals surface area contributed by atoms with Gasteiger partial charge >= 0.3 is 0 Å². The Labute approximate surface area is 164 Å². The van der Waals surface area contributed by atoms with Gasteiger partial charge in [-0.2, -0.15) is 0 Å². The van der Waals surface area contributed by atoms with Crippen molar-refractivity contribution in [3.63, 3.8) is 0 Å². The minimum Gasteiger partial charge on any atom is -0.496 e. The fourth-order valence-electron chi connectivity index (χ4n) is 4.49. The van der Waals surface area contributed by atoms with Gasteiger partial charge in [0.1, 0.15) is 17.9 Å². The Balaban J connectivity index is 1.39. The predicted molar refractivity (Wildman–Crippen MR) is 107 cm³/mol. The Hall–Kier alpha value is -2.63. The summed E-state index contributed by atoms with van der Waals surface area (Å²) >= 11 is 0. The zero-order chi connectivity index (χ0) is 19.1. The molecule has 5 rings (SSSR count). The first-order valence-corrected chi connectivity index (χ1v) is 10.1. The Bertz CT molecular complexity index is 989. The van der Waals surface area contributed by atoms with Crippen LogP contribution in [0.1, 0.15) is 42.7 Å². The number of nitrogens with zero attached hydrogens (tertiary/aromatic N) is 4. The summed E-state index contributed by atoms with van der Waals surface area (Å²) in [7, 11) is 1.66. The first-order chi connectivity index (χ1) is 13.7. The van der Waals surface area contributed by atoms with Gasteiger partial charge < -0.3 is 9.64 Å². The largest absolute Gasteiger partial charge is 0.496 e. The molecule has 3 heterocycles. The van der Waals surface area contributed by atoms with Crippen molar-refractivity contribution < 1.29 is 9.13 Å². The van der Waals surface area contributed by atoms with E-state index in [1.165, 1.54) is 30.2 Å². The molecular weight excluding hydrogens is 355 g/mol. The highest BCUT2D eigenvalue weighted by atomic mass is 19.1. The molecule has 0 radical (unpaired) electrons. The normalized spacial score (nSPS) is 18.0. The van der Waals surface area contributed by atoms with Crippen molar-refractivity contribution in [3.8, 4) is 5.75 Å². The maximum atomic E-state index is 13.8. The number of pyridine rings is 1. The fourth-order valence-corrected chi connectivity index (χ4v) is 4.49. The standard InChI is InChI=1S/C22H25FN4O/c1-28-21-5-4-17(23)13-18(21)16-6-9-26(10-7-16)20-8-11-27-14-24-25-22(27)19(20)12-15-2-3-15/h4-5,8,11,13-16H,2-3,6-7,9-10,12H2,1H3. The number of aromatic nitrogens is 3. The highest BCUT2D eigenvalue weighted by molar-refractivity contribution is 5.65. The van der Waals surface area contributed by atoms with E-state index in [2.05, 4.69) is 27.4 Å². The van der Waals surface area contributed by atoms with Gasteiger partial charge in [0.05, 0.1) is 7.11 Å². The first kappa shape index (κ1) is 17.5. The first-order valence-electron chi connectivity index (χ1n) is 10.1. The lowest BCUT2D eigenvalue weighted by molar-refractivity contribution is 0.395. The number of halogens is 1. The Morgan fingerprint density at radius 2 is 1.96 bits per heavy atom. The van der Waals surface area contributed by atoms with Crippen molar-refractivity contribution in [3.05, 3.63) is 53.7 Å². The number of ether oxygens (including phenoxy) is 1. The maximum absolute atomic E-state index is 13.8. The molecule has 2 aromatic heterocycles. The van der Waals surface area contributed by atoms with Crippen LogP contribution in [0.2, 0.25) is 0 Å². The predicted octanol–water partition coefficient (Wildman–Crippen LogP) is 4.21. The minimum absolute atomic E-state index is 0.192. The van der Waals surface area contributed by atoms with Gasteiger partial charge in [0.25, 0.3) is 0 Å². The molecule has 1 aliphatic carbocycles. The Kier molecular flexibility index (Phi) is 4.41. The van der Waals surface area contributed by atoms with Crippen molar-refractivity contribution >= 4 is 11.3 Å². The summed E-state index contributed by atoms with van der Waals surface area (Å²) in [6.07, 6.45) is 9.52. The van der Waals surface area contributed by atoms with Crippen molar-refractivity contribution in [2.75, 3.05) is 25.1 Å². The summed E-state index contributed by atoms with van der Waals surface area (Å²) in [6, 6.07) is 7.05. The highest BCUT2D eigenvalue weighted by Gasteiger charge is 2.29. The molecule has 146 valence electrons. The molecule has 0 bridgehead atoms. The second-order valence-electron chi connectivity index (χ2n) is 8.04. The average Bonchev–Trinajstić information content (AvgIpc) is 3.41. The maximum Gasteiger partial charge on any atom is 0.165 e. The summed E-state index contributed by atoms with van der Waals surface area (Å²) < 4.78 is 21.3. The van der Waals surface area contributed by atoms with E-state index >= 15 is 0 Å². The highest BCUT2D eigenvalue weighted by Crippen LogP contribution is 2.40. The third-order valence-electron chi connectivity index (χ3n) is 6.20. The topological polar surface area (TPSA) is 42.7 Å². The lowest BCUT2D eigenvalue weighted by Crippen LogP contribution is -2.34. The van der Waals surface area contributed by atoms with Crippen molar-refractivity contribution in [2.24, 2.45) is 5.92 Å². The van der Waals surface area contributed by atoms with Gasteiger partial charge in [0, 0.05) is 36.1 Å². The molecule has 0 unspecified atom stereocenters. The van der Waals surface area contributed by atoms with E-state index in [1.54, 1.807) is 25.6 Å². The van der Waals surface area contributed by atoms with Crippen LogP contribution in [-0.4, -0.2) is 34.8 Å². The number of fused-ring (bicyclic) bond motifs is 1. The van der Waals surface area contributed by atoms with E-state index < -0.39 is 0 Å². The average molecular weight is 380 g/mol. The number of anilines is 1. The number of piperidine rings is 1. The minimum atomic E-state index is -0.192. The Morgan fingerprint density at radius 1 is 1.14 bits per heavy atom. The van der Waals surface area contributed by atoms with E-state index in [4.69, 9.17) is 4.74 Å². The molecular formula is C22H25FN4O. The molecule has 2 fully saturated rings. The van der Waals surface area contributed by atoms with Gasteiger partial charge in [-0.25, -0.2) is 4.39 Å². The van der Waals surface area contributed by atoms with E-state index in [0.717, 1.165) is 55.2 Å². The zero-order valence-corrected chi connectivity index (χ0v) is 16.1. The van der Waals surface area contributed by atoms with Crippen LogP contribution >= 0.6 is 0 Å². The van der Waals surface area contributed by atoms with Crippen LogP contribution in [0.3, 0.4) is 0 Å². The molecule has 0 atom stereocenters. The van der Waals surface area contributed by atoms with Crippen LogP contribution in [0.5, 0.6) is 5.75 Å². The number of methoxy groups -OCH3 is 1. The third kappa shape index (κ3) is 3.21. The third-order valence-corrected chi connectivity index (χ3v) is 6.20. The lowest BCUT2D eigenvalue weighted by atomic mass is 9.88. The van der Waals surface area contributed by atoms with Crippen LogP contribution in [0.4, 0.5) is 10.1 Å². The fraction of sp³-hybridized carbons (Fsp3) is 0.455. The zero-order valence-electron chi connectivity index (χ0n) is 16.1. The molecule has 2 aliphatic rings. The number of benzene rings is 1. The molecule has 1 saturated carbocycles. The van der Waals surface area contributed by atoms with Gasteiger partial charge in [-0.15, -0.1) is 10.2 Å². The summed E-state index contributed by atoms with van der Waals surface area (Å²) in [5.74, 6) is 1.71. The van der Waals surface area contributed by atoms with E-state index in [1.807, 2.05) is 4.40 Å². The van der Waals surface area contributed by atoms with E-state index in [0.29, 0.717) is 5.92 Å². The van der Waals surface area contributed by atoms with Crippen molar-refractivity contribution in [2.45, 2.75) is 38.0 Å². The molecule has 5 nitrogen and oxygen atoms in total. The molecule has 1 aromatic carbocycles. The lowest BCUT2D eigenvalue weighted by Gasteiger charge is -2.35. The van der Waals surface area contributed by atoms with Crippen molar-refractivity contribution in [1.82, 2.24) is 14.6 Å². The molecule has 1 aliphatic heterocycles. The van der Waals surface area contributed by atoms with Crippen LogP contribution < -0.4 is 9.64 Å². The number of hydrogen-bond donors (Lipinski definition) is 0. The summed E-state index contributed by atoms with van der Waals surface area (Å²) in [6.45, 7) is 1.90. The smallest absolute Gasteiger partial charge is 0.165 e. The molecule has 3 aromatic rings. The van der Waals surface area contributed by atoms with Gasteiger partial charge in [0.2, 0.25) is 0 Å². The van der Waals surface area contributed by atoms with E-state index in [9.17, 15) is 4.39 Å². The van der Waals surface area contributed by atoms with Gasteiger partial charge in [-0.1, -0.05) is 0 Å². The van der Waals surface area contributed by atoms with Gasteiger partial charge in [-0.05, 0) is 68.2 Å². The molecule has 0 N–H and O–H groups in total. The molecule has 0 amide bonds. The van der Waals surface area contributed by atoms with E-state index in [-0.39, 0.29) is 5.82 Å². The van der Waals surface area contributed by atoms with Crippen LogP contribution in [0.25, 0.3) is 5.65 Å². The second-order valence-corrected chi connectivity index (χ2v) is 8.04. The molecule has 28 heavy (non-hydrogen) atoms. The number of rotatable bonds is 5. The second kappa shape index (κ2) is 7.08. The van der Waals surface area contributed by atoms with Crippen LogP contribution in [0.15, 0.2) is 36.8 Å².